The number of nitrogens with zero attached hydrogens (tertiary/aromatic N) is 4. The van der Waals surface area contributed by atoms with Crippen molar-refractivity contribution < 1.29 is 931 Å². The maximum atomic E-state index is 9.71. The molecule has 1 amide bonds. The zero-order chi connectivity index (χ0) is 62.3. The number of aliphatic hydroxyl groups is 2. The van der Waals surface area contributed by atoms with Crippen molar-refractivity contribution in [3.63, 3.8) is 0 Å². The van der Waals surface area contributed by atoms with Gasteiger partial charge < -0.3 is 72.0 Å². The van der Waals surface area contributed by atoms with Crippen LogP contribution in [-0.2, 0) is 947 Å². The SMILES string of the molecule is C.CC(C)C.CC(C)O.CCC.CCC(C)C.CCC(C)C.CCCC(=O)O.CCCC([NH-])=O.CCCCC(C)=[N-].CCC[NH-].CCC[S-].CCO.CCc1c[n-]c2ccccc12.CCc1c[n-]cn1.CCc1ccccc1.[CH3-].[W].[W].[W].[W].[W].[W].[W].[W].[W].[W].[W].[W].[W].[W].[W].[W].[W].[W].[W].[W].[W].[W].[W].[W].[W].[W].[W].[W].[W].[W].[W].[W].[W].[W].[W].[W].[W].[W].[W].[W].[W].[W].[W]. The molecule has 0 fully saturated rings. The molecule has 0 saturated heterocycles. The third kappa shape index (κ3) is 446. The zero-order valence-electron chi connectivity index (χ0n) is 72.9. The van der Waals surface area contributed by atoms with Crippen LogP contribution in [0.5, 0.6) is 0 Å². The Morgan fingerprint density at radius 2 is 0.697 bits per heavy atom. The maximum absolute atomic E-state index is 9.71. The second-order valence-electron chi connectivity index (χ2n) is 18.9. The molecule has 0 aliphatic heterocycles. The van der Waals surface area contributed by atoms with Crippen LogP contribution in [-0.4, -0.2) is 62.9 Å². The van der Waals surface area contributed by atoms with Gasteiger partial charge in [0.15, 0.2) is 0 Å². The van der Waals surface area contributed by atoms with Crippen LogP contribution in [0.3, 0.4) is 0 Å². The number of imidazole rings is 1. The fraction of sp³-hybridized carbons (Fsp3) is 0.687. The second-order valence-corrected chi connectivity index (χ2v) is 19.3. The van der Waals surface area contributed by atoms with E-state index in [4.69, 9.17) is 32.2 Å². The summed E-state index contributed by atoms with van der Waals surface area (Å²) in [6.07, 6.45) is 19.7. The summed E-state index contributed by atoms with van der Waals surface area (Å²) in [7, 11) is 0. The summed E-state index contributed by atoms with van der Waals surface area (Å²) in [5, 5.41) is 33.4. The molecule has 4 aromatic rings. The summed E-state index contributed by atoms with van der Waals surface area (Å²) in [6.45, 7) is 48.0. The number of carbonyl (C=O) groups excluding carboxylic acids is 1. The molecule has 2 heterocycles. The minimum absolute atomic E-state index is 0. The standard InChI is InChI=1S/C10H10N.C8H10.C6H12N.C5H7N2.2C5H12.C4H9NO.C4H8O2.C4H10.C3H8N.C3H8O.C3H8S.C3H8.C2H6O.CH4.CH3.43W/c1-2-8-7-11-10-6-4-3-5-9(8)10;1-2-8-6-4-3-5-7-8;1-3-4-5-6(2)7;1-2-5-3-6-4-7-5;2*1-4-5(2)3;2*1-2-3-4(5)6;1-4(2)3;1-2-3-4;1-3(2)4;1-2-3-4;1-3-2;1-2-3;;;;;;;;;;;;;;;;;;;;;;;;;;;;;;;;;;;;;;;;;;;;;/h3-7H,2H2,1H3;3-7H,2H2,1H3;3-5H2,1-2H3;3-4H,2H2,1H3;2*5H,4H2,1-3H3;2-3H2,1H3,(H2,5,6);2-3H2,1H3,(H,5,6);4H,1-3H3;4H,2-3H2,1H3;3-4H,1-2H3;4H,2-3H2,1H3;3H2,1-2H3;3H,2H2,1H3;1H4;1H3;;;;;;;;;;;;;;;;;;;;;;;;;;;;;;;;;;;;;;;;;;;/q-1;;2*-1;;;;;;-1;;;;;;-1;;;;;;;;;;;;;;;;;;;;;;;;;;;;;;;;;;;;;;;;;;;/p-2. The first kappa shape index (κ1) is 370. The molecule has 0 atom stereocenters. The minimum atomic E-state index is -0.711. The number of aliphatic carboxylic acids is 1. The van der Waals surface area contributed by atoms with E-state index in [2.05, 4.69) is 181 Å². The van der Waals surface area contributed by atoms with Crippen molar-refractivity contribution in [2.24, 2.45) is 17.8 Å². The number of amides is 1. The van der Waals surface area contributed by atoms with Crippen LogP contribution >= 0.6 is 0 Å². The summed E-state index contributed by atoms with van der Waals surface area (Å²) >= 11 is 4.55. The van der Waals surface area contributed by atoms with Crippen LogP contribution < -0.4 is 9.97 Å². The van der Waals surface area contributed by atoms with Gasteiger partial charge in [-0.05, 0) is 81.6 Å². The molecule has 0 aliphatic carbocycles. The van der Waals surface area contributed by atoms with E-state index in [1.807, 2.05) is 39.1 Å². The number of hydrogen-bond donors (Lipinski definition) is 3. The molecule has 2 aromatic carbocycles. The summed E-state index contributed by atoms with van der Waals surface area (Å²) in [4.78, 5) is 31.3. The second kappa shape index (κ2) is 347. The smallest absolute Gasteiger partial charge is 0.303 e. The predicted molar refractivity (Wildman–Crippen MR) is 362 cm³/mol. The molecule has 732 valence electrons. The van der Waals surface area contributed by atoms with Gasteiger partial charge in [-0.25, -0.2) is 5.71 Å². The van der Waals surface area contributed by atoms with Crippen LogP contribution in [0.25, 0.3) is 27.8 Å². The third-order valence-electron chi connectivity index (χ3n) is 8.04. The number of fused-ring (bicyclic) bond motifs is 1. The monoisotopic (exact) mass is 9040 g/mol. The first-order valence-corrected chi connectivity index (χ1v) is 29.8. The molecule has 11 nitrogen and oxygen atoms in total. The quantitative estimate of drug-likeness (QED) is 0.0623. The zero-order valence-corrected chi connectivity index (χ0v) is 200. The normalized spacial score (nSPS) is 5.57. The molecule has 0 spiro atoms. The number of carbonyl (C=O) groups is 2. The minimum Gasteiger partial charge on any atom is -0.811 e. The molecule has 0 radical (unpaired) electrons. The molecular weight excluding hydrogens is 8910 g/mol. The first-order valence-electron chi connectivity index (χ1n) is 29.2. The van der Waals surface area contributed by atoms with Crippen LogP contribution in [0.4, 0.5) is 0 Å². The Morgan fingerprint density at radius 1 is 0.443 bits per heavy atom. The Kier molecular flexibility index (Phi) is 1050. The Bertz CT molecular complexity index is 1670. The van der Waals surface area contributed by atoms with E-state index in [1.165, 1.54) is 35.8 Å². The molecule has 0 saturated carbocycles. The average molecular weight is 9040 g/mol. The molecule has 0 bridgehead atoms. The molecule has 55 heteroatoms. The van der Waals surface area contributed by atoms with Crippen molar-refractivity contribution in [2.45, 2.75) is 269 Å². The molecule has 5 N–H and O–H groups in total. The molecule has 0 unspecified atom stereocenters. The third-order valence-corrected chi connectivity index (χ3v) is 8.45. The number of aryl methyl sites for hydroxylation is 3. The van der Waals surface area contributed by atoms with Gasteiger partial charge in [-0.3, -0.25) is 4.79 Å². The molecule has 4 rings (SSSR count). The fourth-order valence-electron chi connectivity index (χ4n) is 3.39. The van der Waals surface area contributed by atoms with Crippen LogP contribution in [0, 0.1) is 25.2 Å². The summed E-state index contributed by atoms with van der Waals surface area (Å²) in [6, 6.07) is 18.7. The average Bonchev–Trinajstić information content (AvgIpc) is 1.71. The van der Waals surface area contributed by atoms with Gasteiger partial charge in [0.05, 0.1) is 0 Å². The number of unbranched alkanes of at least 4 members (excludes halogenated alkanes) is 1. The number of aliphatic hydroxyl groups excluding tert-OH is 2. The summed E-state index contributed by atoms with van der Waals surface area (Å²) < 4.78 is 0. The van der Waals surface area contributed by atoms with Crippen LogP contribution in [0.15, 0.2) is 73.3 Å². The van der Waals surface area contributed by atoms with Gasteiger partial charge in [0.1, 0.15) is 0 Å². The fourth-order valence-corrected chi connectivity index (χ4v) is 3.39. The first-order chi connectivity index (χ1) is 36.2. The van der Waals surface area contributed by atoms with E-state index in [0.29, 0.717) is 25.1 Å². The Labute approximate surface area is 1380 Å². The number of hydrogen-bond acceptors (Lipinski definition) is 6. The number of benzene rings is 2. The largest absolute Gasteiger partial charge is 0.811 e. The van der Waals surface area contributed by atoms with E-state index < -0.39 is 11.9 Å². The maximum Gasteiger partial charge on any atom is 0.303 e. The van der Waals surface area contributed by atoms with Crippen LogP contribution in [0.2, 0.25) is 0 Å². The van der Waals surface area contributed by atoms with Crippen molar-refractivity contribution >= 4 is 41.1 Å². The molecule has 0 aliphatic rings. The van der Waals surface area contributed by atoms with Crippen molar-refractivity contribution in [1.29, 1.82) is 0 Å². The summed E-state index contributed by atoms with van der Waals surface area (Å²) in [5.74, 6) is 2.33. The van der Waals surface area contributed by atoms with E-state index in [-0.39, 0.29) is 933 Å². The predicted octanol–water partition coefficient (Wildman–Crippen LogP) is 20.6. The van der Waals surface area contributed by atoms with Gasteiger partial charge in [-0.15, -0.1) is 5.52 Å². The van der Waals surface area contributed by atoms with Gasteiger partial charge >= 0.3 is 5.97 Å². The number of carboxylic acids is 1. The van der Waals surface area contributed by atoms with Gasteiger partial charge in [-0.1, -0.05) is 282 Å². The van der Waals surface area contributed by atoms with Crippen molar-refractivity contribution in [1.82, 2.24) is 15.0 Å². The van der Waals surface area contributed by atoms with Crippen molar-refractivity contribution in [3.05, 3.63) is 114 Å². The number of aromatic nitrogens is 3. The topological polar surface area (TPSA) is 206 Å². The Hall–Kier alpha value is 25.6. The van der Waals surface area contributed by atoms with E-state index in [1.54, 1.807) is 40.2 Å². The van der Waals surface area contributed by atoms with E-state index >= 15 is 0 Å². The number of rotatable bonds is 14. The molecule has 2 aromatic heterocycles. The number of carboxylic acid groups (broad SMARTS) is 1. The van der Waals surface area contributed by atoms with Crippen molar-refractivity contribution in [3.8, 4) is 0 Å². The van der Waals surface area contributed by atoms with Crippen LogP contribution in [0.1, 0.15) is 261 Å². The molecule has 122 heavy (non-hydrogen) atoms. The number of para-hydroxylation sites is 1. The Morgan fingerprint density at radius 3 is 0.820 bits per heavy atom. The van der Waals surface area contributed by atoms with Gasteiger partial charge in [0.25, 0.3) is 0 Å². The summed E-state index contributed by atoms with van der Waals surface area (Å²) in [5.41, 5.74) is 18.3. The molecular formula is C67H133N6O5SW43-7. The van der Waals surface area contributed by atoms with Crippen molar-refractivity contribution in [2.75, 3.05) is 18.9 Å². The van der Waals surface area contributed by atoms with E-state index in [0.717, 1.165) is 98.9 Å². The van der Waals surface area contributed by atoms with Gasteiger partial charge in [0.2, 0.25) is 0 Å². The Balaban J connectivity index is -0.00000000735. The van der Waals surface area contributed by atoms with Gasteiger partial charge in [0, 0.05) is 931 Å². The van der Waals surface area contributed by atoms with E-state index in [9.17, 15) is 9.59 Å². The van der Waals surface area contributed by atoms with Gasteiger partial charge in [-0.2, -0.15) is 18.5 Å². The number of nitrogens with one attached hydrogen (secondary N) is 2.